The highest BCUT2D eigenvalue weighted by atomic mass is 16.5. The Labute approximate surface area is 121 Å². The Morgan fingerprint density at radius 2 is 1.95 bits per heavy atom. The van der Waals surface area contributed by atoms with E-state index in [1.165, 1.54) is 31.2 Å². The summed E-state index contributed by atoms with van der Waals surface area (Å²) in [7, 11) is 0. The van der Waals surface area contributed by atoms with E-state index in [0.717, 1.165) is 26.1 Å². The van der Waals surface area contributed by atoms with Gasteiger partial charge in [0.15, 0.2) is 0 Å². The first kappa shape index (κ1) is 14.1. The third-order valence-corrected chi connectivity index (χ3v) is 4.78. The molecule has 3 rings (SSSR count). The number of hydrogen-bond acceptors (Lipinski definition) is 3. The second kappa shape index (κ2) is 6.25. The van der Waals surface area contributed by atoms with Gasteiger partial charge in [0.25, 0.3) is 0 Å². The quantitative estimate of drug-likeness (QED) is 0.914. The molecule has 1 atom stereocenters. The van der Waals surface area contributed by atoms with Gasteiger partial charge in [0, 0.05) is 25.6 Å². The van der Waals surface area contributed by atoms with Gasteiger partial charge < -0.3 is 9.84 Å². The predicted octanol–water partition coefficient (Wildman–Crippen LogP) is 2.24. The molecule has 0 amide bonds. The number of nitrogens with zero attached hydrogens (tertiary/aromatic N) is 1. The summed E-state index contributed by atoms with van der Waals surface area (Å²) in [4.78, 5) is 2.55. The van der Waals surface area contributed by atoms with E-state index in [9.17, 15) is 5.11 Å². The van der Waals surface area contributed by atoms with E-state index >= 15 is 0 Å². The molecule has 1 saturated carbocycles. The van der Waals surface area contributed by atoms with Gasteiger partial charge in [-0.2, -0.15) is 0 Å². The molecule has 1 aliphatic carbocycles. The highest BCUT2D eigenvalue weighted by Crippen LogP contribution is 2.29. The summed E-state index contributed by atoms with van der Waals surface area (Å²) in [6, 6.07) is 11.1. The smallest absolute Gasteiger partial charge is 0.108 e. The summed E-state index contributed by atoms with van der Waals surface area (Å²) < 4.78 is 6.02. The highest BCUT2D eigenvalue weighted by molar-refractivity contribution is 5.18. The maximum absolute atomic E-state index is 9.91. The molecular formula is C17H25NO2. The molecule has 0 bridgehead atoms. The van der Waals surface area contributed by atoms with Gasteiger partial charge in [-0.05, 0) is 18.4 Å². The first-order valence-corrected chi connectivity index (χ1v) is 7.84. The minimum absolute atomic E-state index is 0.102. The molecule has 0 aromatic heterocycles. The molecule has 3 nitrogen and oxygen atoms in total. The van der Waals surface area contributed by atoms with Crippen LogP contribution >= 0.6 is 0 Å². The van der Waals surface area contributed by atoms with E-state index in [-0.39, 0.29) is 6.61 Å². The number of aliphatic hydroxyl groups excluding tert-OH is 1. The van der Waals surface area contributed by atoms with Crippen molar-refractivity contribution in [1.29, 1.82) is 0 Å². The number of aliphatic hydroxyl groups is 1. The molecule has 110 valence electrons. The first-order valence-electron chi connectivity index (χ1n) is 7.84. The molecule has 1 saturated heterocycles. The standard InChI is InChI=1S/C17H25NO2/c19-14-17(12-15-6-2-1-3-7-15)13-18(10-11-20-17)16-8-4-5-9-16/h1-3,6-7,16,19H,4-5,8-14H2. The minimum Gasteiger partial charge on any atom is -0.393 e. The lowest BCUT2D eigenvalue weighted by Gasteiger charge is -2.44. The average Bonchev–Trinajstić information content (AvgIpc) is 3.03. The summed E-state index contributed by atoms with van der Waals surface area (Å²) >= 11 is 0. The fourth-order valence-corrected chi connectivity index (χ4v) is 3.68. The lowest BCUT2D eigenvalue weighted by molar-refractivity contribution is -0.139. The first-order chi connectivity index (χ1) is 9.81. The van der Waals surface area contributed by atoms with Crippen molar-refractivity contribution in [1.82, 2.24) is 4.90 Å². The Bertz CT molecular complexity index is 416. The van der Waals surface area contributed by atoms with E-state index in [1.807, 2.05) is 6.07 Å². The largest absolute Gasteiger partial charge is 0.393 e. The van der Waals surface area contributed by atoms with Crippen LogP contribution < -0.4 is 0 Å². The van der Waals surface area contributed by atoms with Crippen molar-refractivity contribution in [2.24, 2.45) is 0 Å². The maximum atomic E-state index is 9.91. The zero-order chi connectivity index (χ0) is 13.8. The van der Waals surface area contributed by atoms with Gasteiger partial charge in [-0.15, -0.1) is 0 Å². The predicted molar refractivity (Wildman–Crippen MR) is 79.7 cm³/mol. The second-order valence-electron chi connectivity index (χ2n) is 6.26. The van der Waals surface area contributed by atoms with Crippen LogP contribution in [-0.4, -0.2) is 48.0 Å². The SMILES string of the molecule is OCC1(Cc2ccccc2)CN(C2CCCC2)CCO1. The lowest BCUT2D eigenvalue weighted by Crippen LogP contribution is -2.57. The van der Waals surface area contributed by atoms with Crippen LogP contribution in [0.5, 0.6) is 0 Å². The molecule has 2 fully saturated rings. The van der Waals surface area contributed by atoms with Gasteiger partial charge in [0.2, 0.25) is 0 Å². The van der Waals surface area contributed by atoms with Crippen molar-refractivity contribution in [3.8, 4) is 0 Å². The summed E-state index contributed by atoms with van der Waals surface area (Å²) in [6.45, 7) is 2.72. The van der Waals surface area contributed by atoms with Crippen molar-refractivity contribution in [2.75, 3.05) is 26.3 Å². The molecule has 1 aromatic rings. The zero-order valence-corrected chi connectivity index (χ0v) is 12.1. The van der Waals surface area contributed by atoms with E-state index in [2.05, 4.69) is 29.2 Å². The Balaban J connectivity index is 1.70. The van der Waals surface area contributed by atoms with E-state index in [4.69, 9.17) is 4.74 Å². The Morgan fingerprint density at radius 3 is 2.65 bits per heavy atom. The number of benzene rings is 1. The van der Waals surface area contributed by atoms with Crippen LogP contribution in [0, 0.1) is 0 Å². The molecule has 3 heteroatoms. The molecule has 1 heterocycles. The van der Waals surface area contributed by atoms with Crippen molar-refractivity contribution in [2.45, 2.75) is 43.7 Å². The van der Waals surface area contributed by atoms with Gasteiger partial charge in [0.1, 0.15) is 5.60 Å². The van der Waals surface area contributed by atoms with Crippen LogP contribution in [0.25, 0.3) is 0 Å². The van der Waals surface area contributed by atoms with Gasteiger partial charge in [-0.3, -0.25) is 4.90 Å². The Kier molecular flexibility index (Phi) is 4.39. The molecule has 0 radical (unpaired) electrons. The third-order valence-electron chi connectivity index (χ3n) is 4.78. The molecule has 2 aliphatic rings. The van der Waals surface area contributed by atoms with Crippen molar-refractivity contribution < 1.29 is 9.84 Å². The van der Waals surface area contributed by atoms with Gasteiger partial charge in [-0.1, -0.05) is 43.2 Å². The van der Waals surface area contributed by atoms with E-state index in [1.54, 1.807) is 0 Å². The van der Waals surface area contributed by atoms with Gasteiger partial charge in [0.05, 0.1) is 13.2 Å². The van der Waals surface area contributed by atoms with Gasteiger partial charge >= 0.3 is 0 Å². The molecule has 1 N–H and O–H groups in total. The number of rotatable bonds is 4. The average molecular weight is 275 g/mol. The minimum atomic E-state index is -0.414. The Hall–Kier alpha value is -0.900. The molecule has 1 aromatic carbocycles. The topological polar surface area (TPSA) is 32.7 Å². The number of morpholine rings is 1. The van der Waals surface area contributed by atoms with Crippen LogP contribution in [0.1, 0.15) is 31.2 Å². The highest BCUT2D eigenvalue weighted by Gasteiger charge is 2.39. The van der Waals surface area contributed by atoms with E-state index < -0.39 is 5.60 Å². The fraction of sp³-hybridized carbons (Fsp3) is 0.647. The van der Waals surface area contributed by atoms with E-state index in [0.29, 0.717) is 6.04 Å². The number of ether oxygens (including phenoxy) is 1. The molecule has 1 unspecified atom stereocenters. The van der Waals surface area contributed by atoms with Crippen LogP contribution in [0.4, 0.5) is 0 Å². The third kappa shape index (κ3) is 3.05. The van der Waals surface area contributed by atoms with Crippen LogP contribution in [0.2, 0.25) is 0 Å². The van der Waals surface area contributed by atoms with Crippen LogP contribution in [0.3, 0.4) is 0 Å². The maximum Gasteiger partial charge on any atom is 0.108 e. The van der Waals surface area contributed by atoms with Crippen LogP contribution in [0.15, 0.2) is 30.3 Å². The molecule has 0 spiro atoms. The zero-order valence-electron chi connectivity index (χ0n) is 12.1. The molecular weight excluding hydrogens is 250 g/mol. The van der Waals surface area contributed by atoms with Gasteiger partial charge in [-0.25, -0.2) is 0 Å². The summed E-state index contributed by atoms with van der Waals surface area (Å²) in [5, 5.41) is 9.91. The molecule has 1 aliphatic heterocycles. The lowest BCUT2D eigenvalue weighted by atomic mass is 9.92. The normalized spacial score (nSPS) is 28.9. The van der Waals surface area contributed by atoms with Crippen molar-refractivity contribution in [3.05, 3.63) is 35.9 Å². The van der Waals surface area contributed by atoms with Crippen LogP contribution in [-0.2, 0) is 11.2 Å². The molecule has 20 heavy (non-hydrogen) atoms. The van der Waals surface area contributed by atoms with Crippen molar-refractivity contribution in [3.63, 3.8) is 0 Å². The second-order valence-corrected chi connectivity index (χ2v) is 6.26. The number of hydrogen-bond donors (Lipinski definition) is 1. The summed E-state index contributed by atoms with van der Waals surface area (Å²) in [5.41, 5.74) is 0.831. The monoisotopic (exact) mass is 275 g/mol. The summed E-state index contributed by atoms with van der Waals surface area (Å²) in [6.07, 6.45) is 6.13. The van der Waals surface area contributed by atoms with Crippen molar-refractivity contribution >= 4 is 0 Å². The fourth-order valence-electron chi connectivity index (χ4n) is 3.68. The Morgan fingerprint density at radius 1 is 1.20 bits per heavy atom. The summed E-state index contributed by atoms with van der Waals surface area (Å²) in [5.74, 6) is 0.